The van der Waals surface area contributed by atoms with Crippen LogP contribution in [0.3, 0.4) is 0 Å². The zero-order valence-corrected chi connectivity index (χ0v) is 18.4. The Morgan fingerprint density at radius 3 is 2.71 bits per heavy atom. The van der Waals surface area contributed by atoms with Crippen molar-refractivity contribution in [3.05, 3.63) is 59.7 Å². The van der Waals surface area contributed by atoms with Gasteiger partial charge in [-0.15, -0.1) is 0 Å². The first-order valence-electron chi connectivity index (χ1n) is 10.2. The topological polar surface area (TPSA) is 102 Å². The summed E-state index contributed by atoms with van der Waals surface area (Å²) in [6.45, 7) is 4.40. The van der Waals surface area contributed by atoms with Crippen LogP contribution in [0.25, 0.3) is 0 Å². The quantitative estimate of drug-likeness (QED) is 0.668. The molecule has 0 radical (unpaired) electrons. The number of hydrogen-bond donors (Lipinski definition) is 1. The Kier molecular flexibility index (Phi) is 4.35. The van der Waals surface area contributed by atoms with Gasteiger partial charge in [0.1, 0.15) is 4.90 Å². The summed E-state index contributed by atoms with van der Waals surface area (Å²) in [4.78, 5) is 13.6. The number of aryl methyl sites for hydroxylation is 3. The van der Waals surface area contributed by atoms with Crippen molar-refractivity contribution in [1.82, 2.24) is 23.9 Å². The lowest BCUT2D eigenvalue weighted by Gasteiger charge is -2.32. The number of nitrogens with zero attached hydrogens (tertiary/aromatic N) is 5. The van der Waals surface area contributed by atoms with E-state index in [9.17, 15) is 13.2 Å². The van der Waals surface area contributed by atoms with Crippen LogP contribution in [0.5, 0.6) is 0 Å². The van der Waals surface area contributed by atoms with Crippen molar-refractivity contribution in [3.8, 4) is 0 Å². The van der Waals surface area contributed by atoms with Gasteiger partial charge >= 0.3 is 0 Å². The molecule has 10 heteroatoms. The number of amides is 1. The third-order valence-corrected chi connectivity index (χ3v) is 8.36. The van der Waals surface area contributed by atoms with Crippen molar-refractivity contribution in [2.75, 3.05) is 11.9 Å². The predicted octanol–water partition coefficient (Wildman–Crippen LogP) is 1.97. The van der Waals surface area contributed by atoms with Crippen LogP contribution in [-0.4, -0.2) is 44.7 Å². The molecule has 0 bridgehead atoms. The minimum atomic E-state index is -3.90. The Bertz CT molecular complexity index is 1290. The number of sulfonamides is 1. The molecule has 2 unspecified atom stereocenters. The fraction of sp³-hybridized carbons (Fsp3) is 0.381. The van der Waals surface area contributed by atoms with Gasteiger partial charge in [-0.25, -0.2) is 8.42 Å². The zero-order valence-electron chi connectivity index (χ0n) is 17.6. The summed E-state index contributed by atoms with van der Waals surface area (Å²) in [5.41, 5.74) is 1.68. The van der Waals surface area contributed by atoms with Gasteiger partial charge in [-0.2, -0.15) is 14.5 Å². The summed E-state index contributed by atoms with van der Waals surface area (Å²) in [6.07, 6.45) is 5.39. The van der Waals surface area contributed by atoms with Crippen LogP contribution in [0.2, 0.25) is 0 Å². The number of fused-ring (bicyclic) bond motifs is 2. The molecular formula is C21H24N6O3S. The molecule has 31 heavy (non-hydrogen) atoms. The second-order valence-electron chi connectivity index (χ2n) is 8.12. The summed E-state index contributed by atoms with van der Waals surface area (Å²) in [7, 11) is -2.12. The number of carbonyl (C=O) groups excluding carboxylic acids is 1. The number of carbonyl (C=O) groups is 1. The molecule has 2 aliphatic rings. The van der Waals surface area contributed by atoms with Crippen molar-refractivity contribution >= 4 is 21.6 Å². The average molecular weight is 441 g/mol. The van der Waals surface area contributed by atoms with Gasteiger partial charge in [0.2, 0.25) is 15.9 Å². The third-order valence-electron chi connectivity index (χ3n) is 6.39. The SMILES string of the molecule is CCn1cc(S(=O)(=O)N2CCC3(C(=O)Nc4ccccc43)C2c2cnn(C)c2)c(C)n1. The van der Waals surface area contributed by atoms with E-state index in [1.165, 1.54) is 4.31 Å². The summed E-state index contributed by atoms with van der Waals surface area (Å²) in [5.74, 6) is -0.179. The van der Waals surface area contributed by atoms with Crippen LogP contribution < -0.4 is 5.32 Å². The number of para-hydroxylation sites is 1. The Balaban J connectivity index is 1.71. The Hall–Kier alpha value is -2.98. The molecule has 1 fully saturated rings. The first kappa shape index (κ1) is 20.0. The predicted molar refractivity (Wildman–Crippen MR) is 114 cm³/mol. The Labute approximate surface area is 180 Å². The highest BCUT2D eigenvalue weighted by molar-refractivity contribution is 7.89. The number of nitrogens with one attached hydrogen (secondary N) is 1. The largest absolute Gasteiger partial charge is 0.325 e. The minimum Gasteiger partial charge on any atom is -0.325 e. The zero-order chi connectivity index (χ0) is 22.0. The molecule has 2 atom stereocenters. The Morgan fingerprint density at radius 2 is 2.03 bits per heavy atom. The number of hydrogen-bond acceptors (Lipinski definition) is 5. The van der Waals surface area contributed by atoms with E-state index in [-0.39, 0.29) is 17.3 Å². The fourth-order valence-electron chi connectivity index (χ4n) is 4.99. The maximum Gasteiger partial charge on any atom is 0.247 e. The molecule has 0 saturated carbocycles. The lowest BCUT2D eigenvalue weighted by Crippen LogP contribution is -2.42. The first-order valence-corrected chi connectivity index (χ1v) is 11.7. The fourth-order valence-corrected chi connectivity index (χ4v) is 6.82. The monoisotopic (exact) mass is 440 g/mol. The van der Waals surface area contributed by atoms with Crippen molar-refractivity contribution in [2.24, 2.45) is 7.05 Å². The molecule has 2 aliphatic heterocycles. The molecule has 9 nitrogen and oxygen atoms in total. The van der Waals surface area contributed by atoms with Crippen molar-refractivity contribution in [1.29, 1.82) is 0 Å². The van der Waals surface area contributed by atoms with E-state index in [1.54, 1.807) is 41.9 Å². The highest BCUT2D eigenvalue weighted by Crippen LogP contribution is 2.55. The van der Waals surface area contributed by atoms with Gasteiger partial charge in [-0.3, -0.25) is 14.2 Å². The Morgan fingerprint density at radius 1 is 1.26 bits per heavy atom. The molecule has 1 amide bonds. The van der Waals surface area contributed by atoms with Gasteiger partial charge in [0.15, 0.2) is 0 Å². The number of aromatic nitrogens is 4. The molecule has 3 aromatic rings. The highest BCUT2D eigenvalue weighted by Gasteiger charge is 2.61. The third kappa shape index (κ3) is 2.71. The number of rotatable bonds is 4. The van der Waals surface area contributed by atoms with E-state index in [2.05, 4.69) is 15.5 Å². The van der Waals surface area contributed by atoms with Gasteiger partial charge in [-0.05, 0) is 31.9 Å². The minimum absolute atomic E-state index is 0.173. The van der Waals surface area contributed by atoms with Crippen molar-refractivity contribution in [3.63, 3.8) is 0 Å². The number of anilines is 1. The molecule has 2 aromatic heterocycles. The molecule has 1 N–H and O–H groups in total. The maximum atomic E-state index is 13.8. The molecule has 162 valence electrons. The highest BCUT2D eigenvalue weighted by atomic mass is 32.2. The molecule has 4 heterocycles. The van der Waals surface area contributed by atoms with Gasteiger partial charge < -0.3 is 5.32 Å². The molecule has 1 saturated heterocycles. The maximum absolute atomic E-state index is 13.8. The van der Waals surface area contributed by atoms with Crippen LogP contribution in [0.1, 0.15) is 36.2 Å². The second-order valence-corrected chi connectivity index (χ2v) is 9.98. The average Bonchev–Trinajstić information content (AvgIpc) is 3.49. The molecule has 0 aliphatic carbocycles. The van der Waals surface area contributed by atoms with Crippen LogP contribution in [0.15, 0.2) is 47.8 Å². The second kappa shape index (κ2) is 6.76. The molecule has 1 aromatic carbocycles. The molecule has 1 spiro atoms. The van der Waals surface area contributed by atoms with Gasteiger partial charge in [0, 0.05) is 43.8 Å². The van der Waals surface area contributed by atoms with E-state index < -0.39 is 21.5 Å². The van der Waals surface area contributed by atoms with Crippen LogP contribution in [0, 0.1) is 6.92 Å². The van der Waals surface area contributed by atoms with E-state index in [1.807, 2.05) is 31.2 Å². The van der Waals surface area contributed by atoms with Crippen LogP contribution >= 0.6 is 0 Å². The lowest BCUT2D eigenvalue weighted by atomic mass is 9.73. The molecule has 5 rings (SSSR count). The number of benzene rings is 1. The van der Waals surface area contributed by atoms with Gasteiger partial charge in [0.05, 0.1) is 23.3 Å². The standard InChI is InChI=1S/C21H24N6O3S/c1-4-26-13-18(14(2)24-26)31(29,30)27-10-9-21(19(27)15-11-22-25(3)12-15)16-7-5-6-8-17(16)23-20(21)28/h5-8,11-13,19H,4,9-10H2,1-3H3,(H,23,28). The molecular weight excluding hydrogens is 416 g/mol. The van der Waals surface area contributed by atoms with Gasteiger partial charge in [-0.1, -0.05) is 18.2 Å². The van der Waals surface area contributed by atoms with E-state index in [0.717, 1.165) is 11.3 Å². The van der Waals surface area contributed by atoms with Crippen LogP contribution in [0.4, 0.5) is 5.69 Å². The summed E-state index contributed by atoms with van der Waals surface area (Å²) < 4.78 is 32.4. The summed E-state index contributed by atoms with van der Waals surface area (Å²) in [5, 5.41) is 11.6. The van der Waals surface area contributed by atoms with Gasteiger partial charge in [0.25, 0.3) is 0 Å². The van der Waals surface area contributed by atoms with Crippen molar-refractivity contribution < 1.29 is 13.2 Å². The van der Waals surface area contributed by atoms with E-state index >= 15 is 0 Å². The normalized spacial score (nSPS) is 23.5. The van der Waals surface area contributed by atoms with Crippen molar-refractivity contribution in [2.45, 2.75) is 43.2 Å². The lowest BCUT2D eigenvalue weighted by molar-refractivity contribution is -0.121. The summed E-state index contributed by atoms with van der Waals surface area (Å²) >= 11 is 0. The summed E-state index contributed by atoms with van der Waals surface area (Å²) in [6, 6.07) is 6.80. The van der Waals surface area contributed by atoms with E-state index in [0.29, 0.717) is 24.2 Å². The smallest absolute Gasteiger partial charge is 0.247 e. The van der Waals surface area contributed by atoms with Crippen LogP contribution in [-0.2, 0) is 33.8 Å². The first-order chi connectivity index (χ1) is 14.8. The van der Waals surface area contributed by atoms with E-state index in [4.69, 9.17) is 0 Å².